The van der Waals surface area contributed by atoms with Crippen LogP contribution in [0.15, 0.2) is 46.9 Å². The molecule has 25 heavy (non-hydrogen) atoms. The van der Waals surface area contributed by atoms with Crippen molar-refractivity contribution in [2.24, 2.45) is 0 Å². The fraction of sp³-hybridized carbons (Fsp3) is 0.278. The molecular formula is C18H20N4OS2. The minimum absolute atomic E-state index is 0.0205. The lowest BCUT2D eigenvalue weighted by Crippen LogP contribution is -2.28. The van der Waals surface area contributed by atoms with Crippen LogP contribution < -0.4 is 5.32 Å². The number of aromatic nitrogens is 3. The van der Waals surface area contributed by atoms with Crippen LogP contribution in [-0.4, -0.2) is 26.8 Å². The Morgan fingerprint density at radius 3 is 2.80 bits per heavy atom. The predicted molar refractivity (Wildman–Crippen MR) is 103 cm³/mol. The Kier molecular flexibility index (Phi) is 5.88. The summed E-state index contributed by atoms with van der Waals surface area (Å²) in [4.78, 5) is 17.6. The van der Waals surface area contributed by atoms with Crippen molar-refractivity contribution < 1.29 is 4.79 Å². The van der Waals surface area contributed by atoms with Gasteiger partial charge >= 0.3 is 0 Å². The average molecular weight is 373 g/mol. The van der Waals surface area contributed by atoms with Gasteiger partial charge in [-0.15, -0.1) is 16.4 Å². The third kappa shape index (κ3) is 4.70. The number of amides is 1. The van der Waals surface area contributed by atoms with Gasteiger partial charge in [-0.3, -0.25) is 9.89 Å². The molecule has 1 unspecified atom stereocenters. The molecule has 2 aromatic heterocycles. The molecule has 0 bridgehead atoms. The van der Waals surface area contributed by atoms with Crippen LogP contribution in [0.5, 0.6) is 0 Å². The summed E-state index contributed by atoms with van der Waals surface area (Å²) in [5.41, 5.74) is 2.40. The molecule has 130 valence electrons. The molecule has 1 aromatic carbocycles. The smallest absolute Gasteiger partial charge is 0.230 e. The lowest BCUT2D eigenvalue weighted by Gasteiger charge is -2.14. The van der Waals surface area contributed by atoms with Crippen molar-refractivity contribution in [3.8, 4) is 10.7 Å². The second-order valence-corrected chi connectivity index (χ2v) is 7.51. The summed E-state index contributed by atoms with van der Waals surface area (Å²) in [6.07, 6.45) is 1.02. The van der Waals surface area contributed by atoms with Crippen molar-refractivity contribution in [1.82, 2.24) is 20.5 Å². The molecule has 3 aromatic rings. The van der Waals surface area contributed by atoms with Crippen molar-refractivity contribution in [3.63, 3.8) is 0 Å². The Morgan fingerprint density at radius 2 is 2.12 bits per heavy atom. The third-order valence-electron chi connectivity index (χ3n) is 3.82. The largest absolute Gasteiger partial charge is 0.349 e. The molecule has 0 spiro atoms. The van der Waals surface area contributed by atoms with Crippen molar-refractivity contribution in [1.29, 1.82) is 0 Å². The molecule has 1 atom stereocenters. The second-order valence-electron chi connectivity index (χ2n) is 5.62. The zero-order valence-corrected chi connectivity index (χ0v) is 15.8. The van der Waals surface area contributed by atoms with Gasteiger partial charge in [-0.2, -0.15) is 0 Å². The number of aryl methyl sites for hydroxylation is 1. The summed E-state index contributed by atoms with van der Waals surface area (Å²) in [6, 6.07) is 12.3. The minimum Gasteiger partial charge on any atom is -0.349 e. The first-order valence-electron chi connectivity index (χ1n) is 8.13. The summed E-state index contributed by atoms with van der Waals surface area (Å²) < 4.78 is 0. The SMILES string of the molecule is CCc1ccc(C(C)NC(=O)CSc2n[nH]c(-c3cccs3)n2)cc1. The minimum atomic E-state index is -0.0282. The number of rotatable bonds is 7. The molecule has 2 heterocycles. The van der Waals surface area contributed by atoms with Gasteiger partial charge in [0.2, 0.25) is 11.1 Å². The van der Waals surface area contributed by atoms with Crippen LogP contribution in [0, 0.1) is 0 Å². The van der Waals surface area contributed by atoms with Crippen LogP contribution in [0.25, 0.3) is 10.7 Å². The Balaban J connectivity index is 1.50. The highest BCUT2D eigenvalue weighted by Gasteiger charge is 2.12. The van der Waals surface area contributed by atoms with Crippen LogP contribution in [0.3, 0.4) is 0 Å². The lowest BCUT2D eigenvalue weighted by atomic mass is 10.1. The van der Waals surface area contributed by atoms with Crippen LogP contribution in [0.1, 0.15) is 31.0 Å². The fourth-order valence-electron chi connectivity index (χ4n) is 2.37. The van der Waals surface area contributed by atoms with Gasteiger partial charge in [-0.05, 0) is 35.9 Å². The van der Waals surface area contributed by atoms with Crippen molar-refractivity contribution in [3.05, 3.63) is 52.9 Å². The van der Waals surface area contributed by atoms with Gasteiger partial charge < -0.3 is 5.32 Å². The van der Waals surface area contributed by atoms with Gasteiger partial charge in [0.25, 0.3) is 0 Å². The van der Waals surface area contributed by atoms with Crippen LogP contribution in [0.2, 0.25) is 0 Å². The van der Waals surface area contributed by atoms with Gasteiger partial charge in [0.05, 0.1) is 16.7 Å². The van der Waals surface area contributed by atoms with Crippen molar-refractivity contribution >= 4 is 29.0 Å². The van der Waals surface area contributed by atoms with E-state index in [1.165, 1.54) is 17.3 Å². The van der Waals surface area contributed by atoms with Crippen LogP contribution in [-0.2, 0) is 11.2 Å². The average Bonchev–Trinajstić information content (AvgIpc) is 3.31. The number of hydrogen-bond donors (Lipinski definition) is 2. The summed E-state index contributed by atoms with van der Waals surface area (Å²) in [7, 11) is 0. The number of H-pyrrole nitrogens is 1. The molecule has 0 radical (unpaired) electrons. The molecule has 1 amide bonds. The Labute approximate surface area is 155 Å². The summed E-state index contributed by atoms with van der Waals surface area (Å²) >= 11 is 2.93. The van der Waals surface area contributed by atoms with E-state index in [2.05, 4.69) is 51.7 Å². The van der Waals surface area contributed by atoms with E-state index in [9.17, 15) is 4.79 Å². The maximum absolute atomic E-state index is 12.2. The number of nitrogens with zero attached hydrogens (tertiary/aromatic N) is 2. The van der Waals surface area contributed by atoms with Gasteiger partial charge in [-0.25, -0.2) is 4.98 Å². The van der Waals surface area contributed by atoms with E-state index in [1.54, 1.807) is 11.3 Å². The van der Waals surface area contributed by atoms with Gasteiger partial charge in [0.15, 0.2) is 5.82 Å². The number of aromatic amines is 1. The van der Waals surface area contributed by atoms with Crippen LogP contribution >= 0.6 is 23.1 Å². The van der Waals surface area contributed by atoms with E-state index in [-0.39, 0.29) is 11.9 Å². The quantitative estimate of drug-likeness (QED) is 0.614. The Morgan fingerprint density at radius 1 is 1.32 bits per heavy atom. The van der Waals surface area contributed by atoms with E-state index in [0.29, 0.717) is 10.9 Å². The molecule has 7 heteroatoms. The molecule has 3 rings (SSSR count). The third-order valence-corrected chi connectivity index (χ3v) is 5.54. The Hall–Kier alpha value is -2.12. The Bertz CT molecular complexity index is 812. The highest BCUT2D eigenvalue weighted by molar-refractivity contribution is 7.99. The number of hydrogen-bond acceptors (Lipinski definition) is 5. The van der Waals surface area contributed by atoms with E-state index < -0.39 is 0 Å². The fourth-order valence-corrected chi connectivity index (χ4v) is 3.65. The van der Waals surface area contributed by atoms with Crippen molar-refractivity contribution in [2.75, 3.05) is 5.75 Å². The summed E-state index contributed by atoms with van der Waals surface area (Å²) in [6.45, 7) is 4.12. The molecule has 0 saturated heterocycles. The lowest BCUT2D eigenvalue weighted by molar-refractivity contribution is -0.119. The number of thioether (sulfide) groups is 1. The number of thiophene rings is 1. The van der Waals surface area contributed by atoms with E-state index in [0.717, 1.165) is 22.7 Å². The molecule has 5 nitrogen and oxygen atoms in total. The highest BCUT2D eigenvalue weighted by Crippen LogP contribution is 2.23. The molecule has 2 N–H and O–H groups in total. The van der Waals surface area contributed by atoms with E-state index >= 15 is 0 Å². The summed E-state index contributed by atoms with van der Waals surface area (Å²) in [5, 5.41) is 12.6. The topological polar surface area (TPSA) is 70.7 Å². The molecule has 0 saturated carbocycles. The molecule has 0 aliphatic heterocycles. The monoisotopic (exact) mass is 372 g/mol. The molecule has 0 aliphatic rings. The normalized spacial score (nSPS) is 12.1. The zero-order chi connectivity index (χ0) is 17.6. The van der Waals surface area contributed by atoms with Crippen LogP contribution in [0.4, 0.5) is 0 Å². The first kappa shape index (κ1) is 17.7. The zero-order valence-electron chi connectivity index (χ0n) is 14.2. The molecular weight excluding hydrogens is 352 g/mol. The van der Waals surface area contributed by atoms with Gasteiger partial charge in [0.1, 0.15) is 0 Å². The summed E-state index contributed by atoms with van der Waals surface area (Å²) in [5.74, 6) is 1.00. The first-order valence-corrected chi connectivity index (χ1v) is 9.99. The highest BCUT2D eigenvalue weighted by atomic mass is 32.2. The first-order chi connectivity index (χ1) is 12.2. The molecule has 0 aliphatic carbocycles. The maximum Gasteiger partial charge on any atom is 0.230 e. The standard InChI is InChI=1S/C18H20N4OS2/c1-3-13-6-8-14(9-7-13)12(2)19-16(23)11-25-18-20-17(21-22-18)15-5-4-10-24-15/h4-10,12H,3,11H2,1-2H3,(H,19,23)(H,20,21,22). The molecule has 0 fully saturated rings. The maximum atomic E-state index is 12.2. The number of benzene rings is 1. The van der Waals surface area contributed by atoms with E-state index in [1.807, 2.05) is 24.4 Å². The van der Waals surface area contributed by atoms with E-state index in [4.69, 9.17) is 0 Å². The number of carbonyl (C=O) groups is 1. The van der Waals surface area contributed by atoms with Gasteiger partial charge in [-0.1, -0.05) is 49.0 Å². The second kappa shape index (κ2) is 8.31. The number of carbonyl (C=O) groups excluding carboxylic acids is 1. The van der Waals surface area contributed by atoms with Gasteiger partial charge in [0, 0.05) is 0 Å². The van der Waals surface area contributed by atoms with Crippen molar-refractivity contribution in [2.45, 2.75) is 31.5 Å². The number of nitrogens with one attached hydrogen (secondary N) is 2. The predicted octanol–water partition coefficient (Wildman–Crippen LogP) is 4.07.